The molecule has 2 fully saturated rings. The van der Waals surface area contributed by atoms with Crippen LogP contribution < -0.4 is 26.0 Å². The molecule has 5 amide bonds. The fourth-order valence-corrected chi connectivity index (χ4v) is 10.2. The van der Waals surface area contributed by atoms with E-state index >= 15 is 0 Å². The van der Waals surface area contributed by atoms with E-state index in [4.69, 9.17) is 9.47 Å². The molecule has 0 saturated carbocycles. The number of benzene rings is 5. The van der Waals surface area contributed by atoms with Crippen LogP contribution in [0.4, 0.5) is 4.79 Å². The number of ether oxygens (including phenoxy) is 2. The number of nitrogens with one attached hydrogen (secondary N) is 4. The van der Waals surface area contributed by atoms with E-state index in [2.05, 4.69) is 36.4 Å². The minimum Gasteiger partial charge on any atom is -0.508 e. The summed E-state index contributed by atoms with van der Waals surface area (Å²) in [4.78, 5) is 87.7. The van der Waals surface area contributed by atoms with Crippen molar-refractivity contribution in [1.29, 1.82) is 0 Å². The Bertz CT molecular complexity index is 3250. The van der Waals surface area contributed by atoms with E-state index in [9.17, 15) is 44.1 Å². The Hall–Kier alpha value is -8.62. The van der Waals surface area contributed by atoms with Gasteiger partial charge >= 0.3 is 12.1 Å². The number of epoxide rings is 1. The van der Waals surface area contributed by atoms with Crippen LogP contribution in [0.1, 0.15) is 106 Å². The van der Waals surface area contributed by atoms with E-state index in [0.29, 0.717) is 62.4 Å². The first kappa shape index (κ1) is 61.5. The molecule has 0 bridgehead atoms. The lowest BCUT2D eigenvalue weighted by atomic mass is 9.93. The van der Waals surface area contributed by atoms with Crippen molar-refractivity contribution >= 4 is 35.5 Å². The first-order valence-corrected chi connectivity index (χ1v) is 28.7. The molecule has 0 aliphatic carbocycles. The number of carbonyl (C=O) groups is 6. The Balaban J connectivity index is 0.873. The number of ketones is 1. The van der Waals surface area contributed by atoms with E-state index in [0.717, 1.165) is 16.7 Å². The van der Waals surface area contributed by atoms with Crippen LogP contribution in [0.15, 0.2) is 121 Å². The van der Waals surface area contributed by atoms with Crippen LogP contribution >= 0.6 is 0 Å². The van der Waals surface area contributed by atoms with Gasteiger partial charge in [-0.3, -0.25) is 28.9 Å². The SMILES string of the molecule is CC(C)CC(NC(=O)C(CCc1ccccc1)NC(=O)c1ccc(OC(=O)N2CCN(Cc3ccc(-n4c(O)nnc4-c4cc(C(C)C)c(O)cc4O)cc3)CC2)cc1)C(=O)NC(Cc1ccccc1)C(=O)NC(CC(C)C)C(=O)C1(C)CO1. The van der Waals surface area contributed by atoms with Gasteiger partial charge in [0.1, 0.15) is 41.0 Å². The molecular formula is C64H77N9O11. The van der Waals surface area contributed by atoms with Gasteiger partial charge in [0.05, 0.1) is 23.9 Å². The van der Waals surface area contributed by atoms with Crippen molar-refractivity contribution in [2.45, 2.75) is 123 Å². The summed E-state index contributed by atoms with van der Waals surface area (Å²) < 4.78 is 12.6. The van der Waals surface area contributed by atoms with Gasteiger partial charge in [-0.25, -0.2) is 9.36 Å². The summed E-state index contributed by atoms with van der Waals surface area (Å²) in [7, 11) is 0. The molecule has 3 heterocycles. The Morgan fingerprint density at radius 2 is 1.20 bits per heavy atom. The van der Waals surface area contributed by atoms with Crippen LogP contribution in [0.2, 0.25) is 0 Å². The summed E-state index contributed by atoms with van der Waals surface area (Å²) in [5.74, 6) is -2.40. The minimum atomic E-state index is -1.11. The van der Waals surface area contributed by atoms with Gasteiger partial charge in [0.15, 0.2) is 11.6 Å². The molecule has 20 nitrogen and oxygen atoms in total. The number of amides is 5. The van der Waals surface area contributed by atoms with E-state index < -0.39 is 59.5 Å². The van der Waals surface area contributed by atoms with Crippen molar-refractivity contribution in [1.82, 2.24) is 45.8 Å². The van der Waals surface area contributed by atoms with Crippen LogP contribution in [-0.2, 0) is 43.3 Å². The van der Waals surface area contributed by atoms with Crippen LogP contribution in [0.25, 0.3) is 17.1 Å². The molecule has 7 N–H and O–H groups in total. The van der Waals surface area contributed by atoms with Gasteiger partial charge in [-0.1, -0.05) is 119 Å². The molecule has 2 aliphatic rings. The van der Waals surface area contributed by atoms with Crippen molar-refractivity contribution in [3.8, 4) is 40.3 Å². The molecule has 8 rings (SSSR count). The highest BCUT2D eigenvalue weighted by molar-refractivity contribution is 6.00. The summed E-state index contributed by atoms with van der Waals surface area (Å²) in [5.41, 5.74) is 3.39. The molecule has 5 unspecified atom stereocenters. The second-order valence-corrected chi connectivity index (χ2v) is 23.1. The summed E-state index contributed by atoms with van der Waals surface area (Å²) in [6.07, 6.45) is 0.760. The smallest absolute Gasteiger partial charge is 0.415 e. The third kappa shape index (κ3) is 16.1. The molecule has 2 saturated heterocycles. The zero-order chi connectivity index (χ0) is 60.2. The Morgan fingerprint density at radius 3 is 1.81 bits per heavy atom. The maximum absolute atomic E-state index is 14.4. The van der Waals surface area contributed by atoms with Crippen LogP contribution in [0.3, 0.4) is 0 Å². The molecule has 84 heavy (non-hydrogen) atoms. The van der Waals surface area contributed by atoms with Gasteiger partial charge in [-0.2, -0.15) is 0 Å². The lowest BCUT2D eigenvalue weighted by molar-refractivity contribution is -0.134. The zero-order valence-electron chi connectivity index (χ0n) is 48.7. The van der Waals surface area contributed by atoms with Crippen molar-refractivity contribution in [2.75, 3.05) is 32.8 Å². The minimum absolute atomic E-state index is 0.0390. The number of nitrogens with zero attached hydrogens (tertiary/aromatic N) is 5. The number of hydrogen-bond acceptors (Lipinski definition) is 14. The summed E-state index contributed by atoms with van der Waals surface area (Å²) in [6.45, 7) is 16.0. The average molecular weight is 1150 g/mol. The normalized spacial score (nSPS) is 16.6. The second kappa shape index (κ2) is 27.6. The second-order valence-electron chi connectivity index (χ2n) is 23.1. The lowest BCUT2D eigenvalue weighted by Crippen LogP contribution is -2.59. The van der Waals surface area contributed by atoms with E-state index in [-0.39, 0.29) is 84.1 Å². The topological polar surface area (TPSA) is 270 Å². The van der Waals surface area contributed by atoms with Gasteiger partial charge in [-0.05, 0) is 115 Å². The fourth-order valence-electron chi connectivity index (χ4n) is 10.2. The lowest BCUT2D eigenvalue weighted by Gasteiger charge is -2.34. The van der Waals surface area contributed by atoms with Gasteiger partial charge < -0.3 is 51.0 Å². The van der Waals surface area contributed by atoms with Crippen LogP contribution in [0, 0.1) is 11.8 Å². The molecule has 444 valence electrons. The highest BCUT2D eigenvalue weighted by Crippen LogP contribution is 2.39. The predicted molar refractivity (Wildman–Crippen MR) is 315 cm³/mol. The molecule has 1 aromatic heterocycles. The van der Waals surface area contributed by atoms with Gasteiger partial charge in [-0.15, -0.1) is 5.10 Å². The van der Waals surface area contributed by atoms with Crippen molar-refractivity contribution in [3.63, 3.8) is 0 Å². The number of hydrogen-bond donors (Lipinski definition) is 7. The van der Waals surface area contributed by atoms with Gasteiger partial charge in [0.2, 0.25) is 17.7 Å². The zero-order valence-corrected chi connectivity index (χ0v) is 48.7. The molecule has 0 spiro atoms. The Morgan fingerprint density at radius 1 is 0.631 bits per heavy atom. The molecule has 2 aliphatic heterocycles. The predicted octanol–water partition coefficient (Wildman–Crippen LogP) is 7.37. The van der Waals surface area contributed by atoms with Crippen molar-refractivity contribution in [2.24, 2.45) is 11.8 Å². The number of phenolic OH excluding ortho intramolecular Hbond substituents is 2. The number of aromatic nitrogens is 3. The summed E-state index contributed by atoms with van der Waals surface area (Å²) >= 11 is 0. The summed E-state index contributed by atoms with van der Waals surface area (Å²) in [5, 5.41) is 51.4. The number of Topliss-reactive ketones (excluding diaryl/α,β-unsaturated/α-hetero) is 1. The quantitative estimate of drug-likeness (QED) is 0.0276. The third-order valence-electron chi connectivity index (χ3n) is 15.1. The molecule has 0 radical (unpaired) electrons. The van der Waals surface area contributed by atoms with E-state index in [1.165, 1.54) is 34.9 Å². The van der Waals surface area contributed by atoms with E-state index in [1.54, 1.807) is 17.9 Å². The van der Waals surface area contributed by atoms with Crippen LogP contribution in [-0.4, -0.2) is 138 Å². The van der Waals surface area contributed by atoms with Crippen molar-refractivity contribution in [3.05, 3.63) is 149 Å². The number of carbonyl (C=O) groups excluding carboxylic acids is 6. The highest BCUT2D eigenvalue weighted by Gasteiger charge is 2.50. The first-order valence-electron chi connectivity index (χ1n) is 28.7. The van der Waals surface area contributed by atoms with Gasteiger partial charge in [0, 0.05) is 50.8 Å². The Labute approximate surface area is 490 Å². The molecule has 6 aromatic rings. The maximum Gasteiger partial charge on any atom is 0.415 e. The van der Waals surface area contributed by atoms with Crippen molar-refractivity contribution < 1.29 is 53.6 Å². The van der Waals surface area contributed by atoms with E-state index in [1.807, 2.05) is 126 Å². The number of aromatic hydroxyl groups is 3. The molecule has 5 aromatic carbocycles. The highest BCUT2D eigenvalue weighted by atomic mass is 16.6. The molecular weight excluding hydrogens is 1070 g/mol. The number of rotatable bonds is 25. The van der Waals surface area contributed by atoms with Crippen LogP contribution in [0.5, 0.6) is 23.3 Å². The fraction of sp³-hybridized carbons (Fsp3) is 0.406. The number of piperazine rings is 1. The number of aryl methyl sites for hydroxylation is 1. The largest absolute Gasteiger partial charge is 0.508 e. The maximum atomic E-state index is 14.4. The number of phenols is 2. The van der Waals surface area contributed by atoms with Gasteiger partial charge in [0.25, 0.3) is 5.91 Å². The monoisotopic (exact) mass is 1150 g/mol. The standard InChI is InChI=1S/C64H77N9O11/c1-39(2)32-51(56(76)64(7)38-83-64)66-61(80)53(34-43-16-12-9-13-17-43)68-60(79)52(33-40(3)4)67-59(78)50(27-20-42-14-10-8-11-15-42)65-58(77)45-21-25-47(26-22-45)84-63(82)72-30-28-71(29-31-72)37-44-18-23-46(24-19-44)73-57(69-70-62(73)81)49-35-48(41(5)6)54(74)36-55(49)75/h8-19,21-26,35-36,39-41,50-53,74-75H,20,27-34,37-38H2,1-7H3,(H,65,77)(H,66,80)(H,67,78)(H,68,79)(H,70,81). The third-order valence-corrected chi connectivity index (χ3v) is 15.1. The molecule has 5 atom stereocenters. The first-order chi connectivity index (χ1) is 40.1. The molecule has 20 heteroatoms. The Kier molecular flexibility index (Phi) is 20.2. The summed E-state index contributed by atoms with van der Waals surface area (Å²) in [6, 6.07) is 30.6. The average Bonchev–Trinajstić information content (AvgIpc) is 3.80.